The van der Waals surface area contributed by atoms with Crippen molar-refractivity contribution in [2.75, 3.05) is 6.61 Å². The van der Waals surface area contributed by atoms with Crippen LogP contribution in [0, 0.1) is 0 Å². The van der Waals surface area contributed by atoms with Gasteiger partial charge in [-0.3, -0.25) is 9.78 Å². The molecule has 0 aliphatic rings. The Hall–Kier alpha value is -1.86. The van der Waals surface area contributed by atoms with Gasteiger partial charge in [-0.1, -0.05) is 0 Å². The summed E-state index contributed by atoms with van der Waals surface area (Å²) in [6.45, 7) is -1.50. The van der Waals surface area contributed by atoms with Crippen LogP contribution in [-0.2, 0) is 0 Å². The van der Waals surface area contributed by atoms with E-state index in [1.165, 1.54) is 0 Å². The van der Waals surface area contributed by atoms with Crippen molar-refractivity contribution < 1.29 is 22.7 Å². The number of hydrogen-bond acceptors (Lipinski definition) is 4. The molecule has 0 radical (unpaired) electrons. The lowest BCUT2D eigenvalue weighted by molar-refractivity contribution is -0.154. The quantitative estimate of drug-likeness (QED) is 0.806. The lowest BCUT2D eigenvalue weighted by atomic mass is 10.4. The van der Waals surface area contributed by atoms with Gasteiger partial charge in [0.25, 0.3) is 5.91 Å². The van der Waals surface area contributed by atoms with Crippen LogP contribution in [0.2, 0.25) is 0 Å². The van der Waals surface area contributed by atoms with E-state index in [2.05, 4.69) is 14.7 Å². The topological polar surface area (TPSA) is 78.1 Å². The van der Waals surface area contributed by atoms with E-state index in [1.54, 1.807) is 0 Å². The number of alkyl halides is 3. The molecular weight excluding hydrogens is 215 g/mol. The van der Waals surface area contributed by atoms with E-state index < -0.39 is 24.6 Å². The van der Waals surface area contributed by atoms with Crippen LogP contribution in [-0.4, -0.2) is 28.7 Å². The minimum absolute atomic E-state index is 0.255. The second kappa shape index (κ2) is 4.11. The molecule has 2 N–H and O–H groups in total. The van der Waals surface area contributed by atoms with Gasteiger partial charge in [-0.2, -0.15) is 13.2 Å². The number of rotatable bonds is 3. The largest absolute Gasteiger partial charge is 0.467 e. The van der Waals surface area contributed by atoms with Gasteiger partial charge in [-0.15, -0.1) is 0 Å². The molecule has 82 valence electrons. The van der Waals surface area contributed by atoms with Crippen molar-refractivity contribution in [3.63, 3.8) is 0 Å². The summed E-state index contributed by atoms with van der Waals surface area (Å²) < 4.78 is 39.5. The average molecular weight is 221 g/mol. The van der Waals surface area contributed by atoms with Gasteiger partial charge in [0.1, 0.15) is 5.69 Å². The highest BCUT2D eigenvalue weighted by Crippen LogP contribution is 2.16. The summed E-state index contributed by atoms with van der Waals surface area (Å²) in [6.07, 6.45) is -2.48. The summed E-state index contributed by atoms with van der Waals surface area (Å²) in [7, 11) is 0. The molecule has 1 aromatic rings. The lowest BCUT2D eigenvalue weighted by Gasteiger charge is -2.07. The molecule has 1 aromatic heterocycles. The summed E-state index contributed by atoms with van der Waals surface area (Å²) in [4.78, 5) is 17.5. The molecule has 0 aliphatic heterocycles. The number of amides is 1. The van der Waals surface area contributed by atoms with Gasteiger partial charge < -0.3 is 10.5 Å². The van der Waals surface area contributed by atoms with E-state index in [4.69, 9.17) is 5.73 Å². The molecule has 0 unspecified atom stereocenters. The Kier molecular flexibility index (Phi) is 3.08. The molecule has 15 heavy (non-hydrogen) atoms. The molecule has 0 aromatic carbocycles. The van der Waals surface area contributed by atoms with Crippen LogP contribution in [0.25, 0.3) is 0 Å². The summed E-state index contributed by atoms with van der Waals surface area (Å²) in [5.41, 5.74) is 4.59. The summed E-state index contributed by atoms with van der Waals surface area (Å²) in [5.74, 6) is -1.29. The zero-order valence-corrected chi connectivity index (χ0v) is 7.28. The standard InChI is InChI=1S/C7H6F3N3O2/c8-7(9,10)3-15-5-2-12-1-4(13-5)6(11)14/h1-2H,3H2,(H2,11,14). The number of ether oxygens (including phenoxy) is 1. The number of halogens is 3. The van der Waals surface area contributed by atoms with Crippen molar-refractivity contribution in [3.8, 4) is 5.88 Å². The highest BCUT2D eigenvalue weighted by molar-refractivity contribution is 5.90. The van der Waals surface area contributed by atoms with Crippen LogP contribution < -0.4 is 10.5 Å². The monoisotopic (exact) mass is 221 g/mol. The van der Waals surface area contributed by atoms with Gasteiger partial charge in [0.2, 0.25) is 5.88 Å². The second-order valence-electron chi connectivity index (χ2n) is 2.51. The fraction of sp³-hybridized carbons (Fsp3) is 0.286. The third-order valence-electron chi connectivity index (χ3n) is 1.25. The minimum Gasteiger partial charge on any atom is -0.467 e. The third-order valence-corrected chi connectivity index (χ3v) is 1.25. The van der Waals surface area contributed by atoms with Crippen LogP contribution >= 0.6 is 0 Å². The van der Waals surface area contributed by atoms with E-state index in [1.807, 2.05) is 0 Å². The first-order valence-electron chi connectivity index (χ1n) is 3.70. The molecule has 1 heterocycles. The van der Waals surface area contributed by atoms with E-state index in [-0.39, 0.29) is 5.69 Å². The molecule has 0 spiro atoms. The van der Waals surface area contributed by atoms with Crippen LogP contribution in [0.1, 0.15) is 10.5 Å². The molecule has 1 amide bonds. The first-order chi connectivity index (χ1) is 6.88. The Bertz CT molecular complexity index is 367. The van der Waals surface area contributed by atoms with Crippen LogP contribution in [0.5, 0.6) is 5.88 Å². The Morgan fingerprint density at radius 2 is 2.13 bits per heavy atom. The number of carbonyl (C=O) groups excluding carboxylic acids is 1. The number of primary amides is 1. The van der Waals surface area contributed by atoms with Gasteiger partial charge >= 0.3 is 6.18 Å². The van der Waals surface area contributed by atoms with Crippen molar-refractivity contribution in [1.82, 2.24) is 9.97 Å². The van der Waals surface area contributed by atoms with Gasteiger partial charge in [0.05, 0.1) is 12.4 Å². The van der Waals surface area contributed by atoms with Crippen LogP contribution in [0.15, 0.2) is 12.4 Å². The van der Waals surface area contributed by atoms with Gasteiger partial charge in [-0.05, 0) is 0 Å². The third kappa shape index (κ3) is 3.79. The zero-order valence-electron chi connectivity index (χ0n) is 7.28. The fourth-order valence-corrected chi connectivity index (χ4v) is 0.692. The molecule has 0 saturated carbocycles. The SMILES string of the molecule is NC(=O)c1cncc(OCC(F)(F)F)n1. The summed E-state index contributed by atoms with van der Waals surface area (Å²) in [5, 5.41) is 0. The molecular formula is C7H6F3N3O2. The minimum atomic E-state index is -4.47. The zero-order chi connectivity index (χ0) is 11.5. The first kappa shape index (κ1) is 11.2. The van der Waals surface area contributed by atoms with Gasteiger partial charge in [0.15, 0.2) is 6.61 Å². The fourth-order valence-electron chi connectivity index (χ4n) is 0.692. The number of nitrogens with zero attached hydrogens (tertiary/aromatic N) is 2. The maximum absolute atomic E-state index is 11.7. The number of aromatic nitrogens is 2. The number of carbonyl (C=O) groups is 1. The molecule has 0 bridgehead atoms. The van der Waals surface area contributed by atoms with E-state index >= 15 is 0 Å². The number of nitrogens with two attached hydrogens (primary N) is 1. The van der Waals surface area contributed by atoms with Crippen LogP contribution in [0.3, 0.4) is 0 Å². The van der Waals surface area contributed by atoms with Crippen molar-refractivity contribution in [2.45, 2.75) is 6.18 Å². The lowest BCUT2D eigenvalue weighted by Crippen LogP contribution is -2.20. The van der Waals surface area contributed by atoms with E-state index in [0.717, 1.165) is 12.4 Å². The van der Waals surface area contributed by atoms with Gasteiger partial charge in [-0.25, -0.2) is 4.98 Å². The molecule has 8 heteroatoms. The highest BCUT2D eigenvalue weighted by atomic mass is 19.4. The maximum atomic E-state index is 11.7. The Morgan fingerprint density at radius 1 is 1.47 bits per heavy atom. The predicted octanol–water partition coefficient (Wildman–Crippen LogP) is 0.517. The Morgan fingerprint density at radius 3 is 2.67 bits per heavy atom. The average Bonchev–Trinajstić information content (AvgIpc) is 2.14. The van der Waals surface area contributed by atoms with E-state index in [9.17, 15) is 18.0 Å². The molecule has 0 fully saturated rings. The first-order valence-corrected chi connectivity index (χ1v) is 3.70. The van der Waals surface area contributed by atoms with E-state index in [0.29, 0.717) is 0 Å². The summed E-state index contributed by atoms with van der Waals surface area (Å²) in [6, 6.07) is 0. The summed E-state index contributed by atoms with van der Waals surface area (Å²) >= 11 is 0. The normalized spacial score (nSPS) is 11.1. The molecule has 0 saturated heterocycles. The Labute approximate surface area is 82.1 Å². The van der Waals surface area contributed by atoms with Crippen molar-refractivity contribution >= 4 is 5.91 Å². The van der Waals surface area contributed by atoms with Crippen molar-refractivity contribution in [1.29, 1.82) is 0 Å². The molecule has 1 rings (SSSR count). The molecule has 0 aliphatic carbocycles. The second-order valence-corrected chi connectivity index (χ2v) is 2.51. The Balaban J connectivity index is 2.70. The molecule has 5 nitrogen and oxygen atoms in total. The highest BCUT2D eigenvalue weighted by Gasteiger charge is 2.28. The van der Waals surface area contributed by atoms with Gasteiger partial charge in [0, 0.05) is 0 Å². The smallest absolute Gasteiger partial charge is 0.422 e. The maximum Gasteiger partial charge on any atom is 0.422 e. The predicted molar refractivity (Wildman–Crippen MR) is 42.1 cm³/mol. The van der Waals surface area contributed by atoms with Crippen molar-refractivity contribution in [2.24, 2.45) is 5.73 Å². The van der Waals surface area contributed by atoms with Crippen LogP contribution in [0.4, 0.5) is 13.2 Å². The molecule has 0 atom stereocenters. The van der Waals surface area contributed by atoms with Crippen molar-refractivity contribution in [3.05, 3.63) is 18.1 Å². The number of hydrogen-bond donors (Lipinski definition) is 1.